The first-order chi connectivity index (χ1) is 16.2. The van der Waals surface area contributed by atoms with Crippen LogP contribution in [0.3, 0.4) is 0 Å². The van der Waals surface area contributed by atoms with Gasteiger partial charge in [0.05, 0.1) is 0 Å². The molecule has 0 N–H and O–H groups in total. The Bertz CT molecular complexity index is 1040. The maximum atomic E-state index is 3.91. The van der Waals surface area contributed by atoms with Crippen LogP contribution in [0.1, 0.15) is 94.7 Å². The summed E-state index contributed by atoms with van der Waals surface area (Å²) in [6.07, 6.45) is 15.0. The summed E-state index contributed by atoms with van der Waals surface area (Å²) in [6, 6.07) is 25.3. The van der Waals surface area contributed by atoms with Gasteiger partial charge in [0.25, 0.3) is 0 Å². The largest absolute Gasteiger partial charge is 0.0985 e. The Labute approximate surface area is 201 Å². The second-order valence-electron chi connectivity index (χ2n) is 9.84. The lowest BCUT2D eigenvalue weighted by Crippen LogP contribution is -2.25. The maximum Gasteiger partial charge on any atom is 0.0215 e. The normalized spacial score (nSPS) is 13.5. The molecule has 0 radical (unpaired) electrons. The Morgan fingerprint density at radius 3 is 1.88 bits per heavy atom. The van der Waals surface area contributed by atoms with Gasteiger partial charge >= 0.3 is 0 Å². The number of rotatable bonds is 12. The molecular weight excluding hydrogens is 396 g/mol. The maximum absolute atomic E-state index is 3.91. The average molecular weight is 437 g/mol. The van der Waals surface area contributed by atoms with Gasteiger partial charge in [0.2, 0.25) is 0 Å². The molecule has 0 amide bonds. The van der Waals surface area contributed by atoms with Crippen LogP contribution in [0.5, 0.6) is 0 Å². The predicted molar refractivity (Wildman–Crippen MR) is 146 cm³/mol. The molecule has 1 aliphatic rings. The van der Waals surface area contributed by atoms with Crippen LogP contribution in [-0.2, 0) is 5.41 Å². The summed E-state index contributed by atoms with van der Waals surface area (Å²) in [5.74, 6) is 0. The first-order valence-electron chi connectivity index (χ1n) is 13.2. The monoisotopic (exact) mass is 436 g/mol. The summed E-state index contributed by atoms with van der Waals surface area (Å²) in [6.45, 7) is 8.53. The van der Waals surface area contributed by atoms with Crippen molar-refractivity contribution in [2.24, 2.45) is 0 Å². The fourth-order valence-corrected chi connectivity index (χ4v) is 5.82. The van der Waals surface area contributed by atoms with Crippen molar-refractivity contribution in [3.05, 3.63) is 90.0 Å². The molecular formula is C33H40. The van der Waals surface area contributed by atoms with E-state index >= 15 is 0 Å². The highest BCUT2D eigenvalue weighted by Gasteiger charge is 2.42. The highest BCUT2D eigenvalue weighted by Crippen LogP contribution is 2.54. The fraction of sp³-hybridized carbons (Fsp3) is 0.394. The molecule has 0 saturated carbocycles. The third-order valence-corrected chi connectivity index (χ3v) is 7.66. The molecule has 0 fully saturated rings. The lowest BCUT2D eigenvalue weighted by atomic mass is 9.70. The Morgan fingerprint density at radius 2 is 1.24 bits per heavy atom. The van der Waals surface area contributed by atoms with E-state index in [9.17, 15) is 0 Å². The second kappa shape index (κ2) is 11.0. The molecule has 0 nitrogen and oxygen atoms in total. The van der Waals surface area contributed by atoms with E-state index in [2.05, 4.69) is 87.2 Å². The van der Waals surface area contributed by atoms with Crippen LogP contribution < -0.4 is 0 Å². The van der Waals surface area contributed by atoms with Crippen molar-refractivity contribution in [1.82, 2.24) is 0 Å². The van der Waals surface area contributed by atoms with Crippen molar-refractivity contribution in [3.63, 3.8) is 0 Å². The lowest BCUT2D eigenvalue weighted by Gasteiger charge is -2.33. The third kappa shape index (κ3) is 4.86. The number of hydrogen-bond acceptors (Lipinski definition) is 0. The van der Waals surface area contributed by atoms with Gasteiger partial charge in [-0.15, -0.1) is 0 Å². The first-order valence-corrected chi connectivity index (χ1v) is 13.2. The van der Waals surface area contributed by atoms with Gasteiger partial charge in [-0.05, 0) is 57.9 Å². The number of benzene rings is 3. The number of hydrogen-bond donors (Lipinski definition) is 0. The van der Waals surface area contributed by atoms with Crippen LogP contribution in [0.25, 0.3) is 28.3 Å². The summed E-state index contributed by atoms with van der Waals surface area (Å²) in [7, 11) is 0. The van der Waals surface area contributed by atoms with Gasteiger partial charge in [-0.2, -0.15) is 0 Å². The Hall–Kier alpha value is -2.60. The molecule has 0 unspecified atom stereocenters. The van der Waals surface area contributed by atoms with Gasteiger partial charge in [0.1, 0.15) is 0 Å². The molecule has 4 rings (SSSR count). The Morgan fingerprint density at radius 1 is 0.636 bits per heavy atom. The van der Waals surface area contributed by atoms with Crippen molar-refractivity contribution in [2.75, 3.05) is 0 Å². The van der Waals surface area contributed by atoms with Crippen molar-refractivity contribution in [3.8, 4) is 22.3 Å². The summed E-state index contributed by atoms with van der Waals surface area (Å²) >= 11 is 0. The van der Waals surface area contributed by atoms with Crippen LogP contribution in [0.2, 0.25) is 0 Å². The Balaban J connectivity index is 1.77. The zero-order valence-electron chi connectivity index (χ0n) is 20.7. The molecule has 33 heavy (non-hydrogen) atoms. The van der Waals surface area contributed by atoms with E-state index in [1.54, 1.807) is 11.1 Å². The SMILES string of the molecule is C=Cc1ccc(-c2ccc3c(c2)C(CCCCCC)(CCCCCC)c2ccccc2-3)cc1. The topological polar surface area (TPSA) is 0 Å². The van der Waals surface area contributed by atoms with E-state index in [-0.39, 0.29) is 5.41 Å². The van der Waals surface area contributed by atoms with Crippen molar-refractivity contribution in [2.45, 2.75) is 83.5 Å². The highest BCUT2D eigenvalue weighted by atomic mass is 14.4. The molecule has 0 atom stereocenters. The molecule has 172 valence electrons. The minimum Gasteiger partial charge on any atom is -0.0985 e. The molecule has 3 aromatic rings. The van der Waals surface area contributed by atoms with Crippen LogP contribution in [-0.4, -0.2) is 0 Å². The second-order valence-corrected chi connectivity index (χ2v) is 9.84. The quantitative estimate of drug-likeness (QED) is 0.248. The van der Waals surface area contributed by atoms with E-state index in [0.717, 1.165) is 0 Å². The molecule has 0 heterocycles. The van der Waals surface area contributed by atoms with E-state index in [1.165, 1.54) is 92.0 Å². The molecule has 0 aliphatic heterocycles. The number of unbranched alkanes of at least 4 members (excludes halogenated alkanes) is 6. The van der Waals surface area contributed by atoms with E-state index < -0.39 is 0 Å². The molecule has 3 aromatic carbocycles. The minimum absolute atomic E-state index is 0.157. The summed E-state index contributed by atoms with van der Waals surface area (Å²) in [5, 5.41) is 0. The van der Waals surface area contributed by atoms with Gasteiger partial charge in [-0.3, -0.25) is 0 Å². The smallest absolute Gasteiger partial charge is 0.0215 e. The van der Waals surface area contributed by atoms with E-state index in [0.29, 0.717) is 0 Å². The molecule has 0 bridgehead atoms. The van der Waals surface area contributed by atoms with Crippen molar-refractivity contribution in [1.29, 1.82) is 0 Å². The first kappa shape index (κ1) is 23.6. The molecule has 1 aliphatic carbocycles. The van der Waals surface area contributed by atoms with Gasteiger partial charge in [0, 0.05) is 5.41 Å². The van der Waals surface area contributed by atoms with Crippen LogP contribution >= 0.6 is 0 Å². The lowest BCUT2D eigenvalue weighted by molar-refractivity contribution is 0.401. The van der Waals surface area contributed by atoms with Crippen molar-refractivity contribution < 1.29 is 0 Å². The standard InChI is InChI=1S/C33H40/c1-4-7-9-13-23-33(24-14-10-8-5-2)31-16-12-11-15-29(31)30-22-21-28(25-32(30)33)27-19-17-26(6-3)18-20-27/h6,11-12,15-22,25H,3-5,7-10,13-14,23-24H2,1-2H3. The molecule has 0 spiro atoms. The van der Waals surface area contributed by atoms with E-state index in [4.69, 9.17) is 0 Å². The average Bonchev–Trinajstić information content (AvgIpc) is 3.14. The van der Waals surface area contributed by atoms with Crippen LogP contribution in [0.15, 0.2) is 73.3 Å². The van der Waals surface area contributed by atoms with Gasteiger partial charge < -0.3 is 0 Å². The van der Waals surface area contributed by atoms with E-state index in [1.807, 2.05) is 6.08 Å². The molecule has 0 aromatic heterocycles. The zero-order valence-corrected chi connectivity index (χ0v) is 20.7. The summed E-state index contributed by atoms with van der Waals surface area (Å²) < 4.78 is 0. The predicted octanol–water partition coefficient (Wildman–Crippen LogP) is 10.2. The van der Waals surface area contributed by atoms with Gasteiger partial charge in [-0.25, -0.2) is 0 Å². The van der Waals surface area contributed by atoms with Gasteiger partial charge in [0.15, 0.2) is 0 Å². The van der Waals surface area contributed by atoms with Gasteiger partial charge in [-0.1, -0.05) is 139 Å². The van der Waals surface area contributed by atoms with Crippen LogP contribution in [0.4, 0.5) is 0 Å². The van der Waals surface area contributed by atoms with Crippen LogP contribution in [0, 0.1) is 0 Å². The minimum atomic E-state index is 0.157. The van der Waals surface area contributed by atoms with Crippen molar-refractivity contribution >= 4 is 6.08 Å². The molecule has 0 heteroatoms. The summed E-state index contributed by atoms with van der Waals surface area (Å²) in [4.78, 5) is 0. The third-order valence-electron chi connectivity index (χ3n) is 7.66. The number of fused-ring (bicyclic) bond motifs is 3. The summed E-state index contributed by atoms with van der Waals surface area (Å²) in [5.41, 5.74) is 10.0. The zero-order chi connectivity index (χ0) is 23.1. The molecule has 0 saturated heterocycles. The highest BCUT2D eigenvalue weighted by molar-refractivity contribution is 5.84. The Kier molecular flexibility index (Phi) is 7.86. The fourth-order valence-electron chi connectivity index (χ4n) is 5.82.